The third-order valence-electron chi connectivity index (χ3n) is 4.73. The second-order valence-electron chi connectivity index (χ2n) is 6.06. The maximum atomic E-state index is 14.1. The first-order valence-corrected chi connectivity index (χ1v) is 6.12. The summed E-state index contributed by atoms with van der Waals surface area (Å²) in [6, 6.07) is 4.71. The van der Waals surface area contributed by atoms with E-state index in [0.717, 1.165) is 0 Å². The molecule has 2 nitrogen and oxygen atoms in total. The van der Waals surface area contributed by atoms with Crippen molar-refractivity contribution in [2.45, 2.75) is 27.7 Å². The van der Waals surface area contributed by atoms with Crippen LogP contribution < -0.4 is 4.74 Å². The summed E-state index contributed by atoms with van der Waals surface area (Å²) < 4.78 is 19.0. The van der Waals surface area contributed by atoms with E-state index in [9.17, 15) is 9.18 Å². The fraction of sp³-hybridized carbons (Fsp3) is 0.533. The molecule has 0 spiro atoms. The Morgan fingerprint density at radius 1 is 1.22 bits per heavy atom. The van der Waals surface area contributed by atoms with E-state index in [2.05, 4.69) is 0 Å². The zero-order chi connectivity index (χ0) is 13.7. The molecule has 18 heavy (non-hydrogen) atoms. The molecular formula is C15H19FO2. The van der Waals surface area contributed by atoms with Crippen LogP contribution in [0.2, 0.25) is 0 Å². The van der Waals surface area contributed by atoms with Gasteiger partial charge in [0.1, 0.15) is 0 Å². The number of carbonyl (C=O) groups excluding carboxylic acids is 1. The molecule has 0 unspecified atom stereocenters. The fourth-order valence-corrected chi connectivity index (χ4v) is 2.87. The van der Waals surface area contributed by atoms with E-state index in [1.165, 1.54) is 19.2 Å². The number of halogens is 1. The number of hydrogen-bond acceptors (Lipinski definition) is 2. The predicted octanol–water partition coefficient (Wildman–Crippen LogP) is 3.70. The van der Waals surface area contributed by atoms with Crippen molar-refractivity contribution in [2.24, 2.45) is 16.7 Å². The highest BCUT2D eigenvalue weighted by Crippen LogP contribution is 2.69. The van der Waals surface area contributed by atoms with Gasteiger partial charge in [-0.15, -0.1) is 0 Å². The minimum Gasteiger partial charge on any atom is -0.494 e. The Hall–Kier alpha value is -1.38. The molecule has 0 aromatic heterocycles. The van der Waals surface area contributed by atoms with E-state index in [1.54, 1.807) is 6.07 Å². The first kappa shape index (κ1) is 13.1. The number of hydrogen-bond donors (Lipinski definition) is 0. The maximum absolute atomic E-state index is 14.1. The van der Waals surface area contributed by atoms with Crippen LogP contribution in [0.4, 0.5) is 4.39 Å². The van der Waals surface area contributed by atoms with Crippen molar-refractivity contribution in [2.75, 3.05) is 7.11 Å². The lowest BCUT2D eigenvalue weighted by atomic mass is 10.0. The third-order valence-corrected chi connectivity index (χ3v) is 4.73. The number of ether oxygens (including phenoxy) is 1. The SMILES string of the molecule is COc1cccc(C(=O)C2C(C)(C)C2(C)C)c1F. The van der Waals surface area contributed by atoms with Crippen molar-refractivity contribution < 1.29 is 13.9 Å². The molecule has 1 aromatic carbocycles. The van der Waals surface area contributed by atoms with Crippen LogP contribution >= 0.6 is 0 Å². The number of ketones is 1. The van der Waals surface area contributed by atoms with Crippen LogP contribution in [-0.4, -0.2) is 12.9 Å². The molecule has 0 amide bonds. The molecule has 0 N–H and O–H groups in total. The summed E-state index contributed by atoms with van der Waals surface area (Å²) in [6.07, 6.45) is 0. The fourth-order valence-electron chi connectivity index (χ4n) is 2.87. The molecule has 0 saturated heterocycles. The van der Waals surface area contributed by atoms with E-state index in [4.69, 9.17) is 4.74 Å². The van der Waals surface area contributed by atoms with Crippen molar-refractivity contribution in [1.82, 2.24) is 0 Å². The van der Waals surface area contributed by atoms with E-state index < -0.39 is 5.82 Å². The van der Waals surface area contributed by atoms with Gasteiger partial charge in [0, 0.05) is 5.92 Å². The molecule has 2 rings (SSSR count). The molecule has 98 valence electrons. The standard InChI is InChI=1S/C15H19FO2/c1-14(2)13(15(14,3)4)12(17)9-7-6-8-10(18-5)11(9)16/h6-8,13H,1-5H3. The van der Waals surface area contributed by atoms with Gasteiger partial charge in [0.15, 0.2) is 17.3 Å². The van der Waals surface area contributed by atoms with Crippen LogP contribution in [0.5, 0.6) is 5.75 Å². The third kappa shape index (κ3) is 1.57. The Morgan fingerprint density at radius 2 is 1.78 bits per heavy atom. The van der Waals surface area contributed by atoms with Crippen LogP contribution in [0.25, 0.3) is 0 Å². The molecular weight excluding hydrogens is 231 g/mol. The van der Waals surface area contributed by atoms with Crippen molar-refractivity contribution >= 4 is 5.78 Å². The lowest BCUT2D eigenvalue weighted by Crippen LogP contribution is -2.10. The first-order valence-electron chi connectivity index (χ1n) is 6.12. The van der Waals surface area contributed by atoms with Gasteiger partial charge < -0.3 is 4.74 Å². The van der Waals surface area contributed by atoms with E-state index in [1.807, 2.05) is 27.7 Å². The number of benzene rings is 1. The zero-order valence-electron chi connectivity index (χ0n) is 11.5. The predicted molar refractivity (Wildman–Crippen MR) is 68.3 cm³/mol. The number of Topliss-reactive ketones (excluding diaryl/α,β-unsaturated/α-hetero) is 1. The molecule has 0 heterocycles. The Labute approximate surface area is 107 Å². The quantitative estimate of drug-likeness (QED) is 0.765. The molecule has 0 bridgehead atoms. The highest BCUT2D eigenvalue weighted by Gasteiger charge is 2.68. The van der Waals surface area contributed by atoms with Crippen LogP contribution in [0.15, 0.2) is 18.2 Å². The summed E-state index contributed by atoms with van der Waals surface area (Å²) in [4.78, 5) is 12.4. The summed E-state index contributed by atoms with van der Waals surface area (Å²) in [5, 5.41) is 0. The molecule has 1 aliphatic rings. The minimum atomic E-state index is -0.552. The van der Waals surface area contributed by atoms with Gasteiger partial charge in [0.2, 0.25) is 0 Å². The molecule has 1 fully saturated rings. The Balaban J connectivity index is 2.38. The maximum Gasteiger partial charge on any atom is 0.175 e. The number of rotatable bonds is 3. The van der Waals surface area contributed by atoms with Crippen LogP contribution in [0.1, 0.15) is 38.1 Å². The van der Waals surface area contributed by atoms with E-state index >= 15 is 0 Å². The normalized spacial score (nSPS) is 20.6. The van der Waals surface area contributed by atoms with Gasteiger partial charge in [-0.25, -0.2) is 4.39 Å². The Bertz CT molecular complexity index is 489. The largest absolute Gasteiger partial charge is 0.494 e. The molecule has 1 aromatic rings. The van der Waals surface area contributed by atoms with E-state index in [0.29, 0.717) is 0 Å². The van der Waals surface area contributed by atoms with Crippen molar-refractivity contribution in [1.29, 1.82) is 0 Å². The second kappa shape index (κ2) is 3.81. The van der Waals surface area contributed by atoms with Gasteiger partial charge in [-0.2, -0.15) is 0 Å². The van der Waals surface area contributed by atoms with Crippen molar-refractivity contribution in [3.63, 3.8) is 0 Å². The molecule has 3 heteroatoms. The average molecular weight is 250 g/mol. The van der Waals surface area contributed by atoms with Gasteiger partial charge in [0.05, 0.1) is 12.7 Å². The smallest absolute Gasteiger partial charge is 0.175 e. The Kier molecular flexibility index (Phi) is 2.76. The molecule has 0 radical (unpaired) electrons. The average Bonchev–Trinajstić information content (AvgIpc) is 2.69. The molecule has 1 aliphatic carbocycles. The topological polar surface area (TPSA) is 26.3 Å². The summed E-state index contributed by atoms with van der Waals surface area (Å²) >= 11 is 0. The van der Waals surface area contributed by atoms with Gasteiger partial charge in [0.25, 0.3) is 0 Å². The van der Waals surface area contributed by atoms with Crippen LogP contribution in [-0.2, 0) is 0 Å². The summed E-state index contributed by atoms with van der Waals surface area (Å²) in [5.74, 6) is -0.686. The lowest BCUT2D eigenvalue weighted by Gasteiger charge is -2.07. The minimum absolute atomic E-state index is 0.0837. The van der Waals surface area contributed by atoms with Gasteiger partial charge >= 0.3 is 0 Å². The molecule has 0 atom stereocenters. The van der Waals surface area contributed by atoms with Gasteiger partial charge in [-0.1, -0.05) is 33.8 Å². The number of carbonyl (C=O) groups is 1. The van der Waals surface area contributed by atoms with Crippen LogP contribution in [0, 0.1) is 22.6 Å². The highest BCUT2D eigenvalue weighted by atomic mass is 19.1. The Morgan fingerprint density at radius 3 is 2.22 bits per heavy atom. The zero-order valence-corrected chi connectivity index (χ0v) is 11.5. The van der Waals surface area contributed by atoms with Crippen molar-refractivity contribution in [3.05, 3.63) is 29.6 Å². The second-order valence-corrected chi connectivity index (χ2v) is 6.06. The van der Waals surface area contributed by atoms with Crippen molar-refractivity contribution in [3.8, 4) is 5.75 Å². The highest BCUT2D eigenvalue weighted by molar-refractivity contribution is 6.01. The van der Waals surface area contributed by atoms with Gasteiger partial charge in [-0.3, -0.25) is 4.79 Å². The lowest BCUT2D eigenvalue weighted by molar-refractivity contribution is 0.0940. The molecule has 1 saturated carbocycles. The van der Waals surface area contributed by atoms with Crippen LogP contribution in [0.3, 0.4) is 0 Å². The summed E-state index contributed by atoms with van der Waals surface area (Å²) in [6.45, 7) is 8.20. The summed E-state index contributed by atoms with van der Waals surface area (Å²) in [7, 11) is 1.40. The first-order chi connectivity index (χ1) is 8.25. The summed E-state index contributed by atoms with van der Waals surface area (Å²) in [5.41, 5.74) is -0.0304. The van der Waals surface area contributed by atoms with Gasteiger partial charge in [-0.05, 0) is 23.0 Å². The van der Waals surface area contributed by atoms with E-state index in [-0.39, 0.29) is 33.8 Å². The number of methoxy groups -OCH3 is 1. The molecule has 0 aliphatic heterocycles. The monoisotopic (exact) mass is 250 g/mol.